The zero-order valence-electron chi connectivity index (χ0n) is 13.9. The van der Waals surface area contributed by atoms with Crippen LogP contribution >= 0.6 is 0 Å². The molecule has 0 aromatic heterocycles. The largest absolute Gasteiger partial charge is 0.497 e. The van der Waals surface area contributed by atoms with Gasteiger partial charge in [0.05, 0.1) is 13.7 Å². The van der Waals surface area contributed by atoms with Gasteiger partial charge in [-0.15, -0.1) is 0 Å². The van der Waals surface area contributed by atoms with Crippen LogP contribution in [-0.4, -0.2) is 25.7 Å². The van der Waals surface area contributed by atoms with Crippen LogP contribution in [0.25, 0.3) is 0 Å². The standard InChI is InChI=1S/C20H21NO3/c1-3-24-20(22)19(11-7-10-16-8-5-4-6-9-16)21-17-12-14-18(23-2)15-13-17/h4-6,8-9,12-15,19,21H,3,10H2,1-2H3. The van der Waals surface area contributed by atoms with E-state index < -0.39 is 6.04 Å². The number of methoxy groups -OCH3 is 1. The molecule has 1 unspecified atom stereocenters. The lowest BCUT2D eigenvalue weighted by Crippen LogP contribution is -2.30. The first kappa shape index (κ1) is 17.4. The maximum absolute atomic E-state index is 12.1. The first-order valence-corrected chi connectivity index (χ1v) is 7.82. The van der Waals surface area contributed by atoms with Crippen molar-refractivity contribution in [2.45, 2.75) is 19.4 Å². The van der Waals surface area contributed by atoms with E-state index in [4.69, 9.17) is 9.47 Å². The third-order valence-electron chi connectivity index (χ3n) is 3.31. The Hall–Kier alpha value is -2.93. The van der Waals surface area contributed by atoms with Crippen LogP contribution in [0.3, 0.4) is 0 Å². The summed E-state index contributed by atoms with van der Waals surface area (Å²) in [7, 11) is 1.61. The molecule has 2 aromatic rings. The van der Waals surface area contributed by atoms with E-state index in [-0.39, 0.29) is 5.97 Å². The maximum atomic E-state index is 12.1. The van der Waals surface area contributed by atoms with Gasteiger partial charge in [0.25, 0.3) is 0 Å². The Kier molecular flexibility index (Phi) is 6.73. The smallest absolute Gasteiger partial charge is 0.341 e. The van der Waals surface area contributed by atoms with Gasteiger partial charge < -0.3 is 14.8 Å². The minimum atomic E-state index is -0.706. The minimum Gasteiger partial charge on any atom is -0.497 e. The molecule has 0 radical (unpaired) electrons. The molecule has 0 amide bonds. The van der Waals surface area contributed by atoms with Gasteiger partial charge in [0.1, 0.15) is 5.75 Å². The van der Waals surface area contributed by atoms with Gasteiger partial charge in [-0.1, -0.05) is 42.2 Å². The molecule has 0 saturated carbocycles. The predicted molar refractivity (Wildman–Crippen MR) is 95.0 cm³/mol. The fourth-order valence-corrected chi connectivity index (χ4v) is 2.08. The van der Waals surface area contributed by atoms with Crippen molar-refractivity contribution in [1.29, 1.82) is 0 Å². The van der Waals surface area contributed by atoms with Crippen LogP contribution in [0.2, 0.25) is 0 Å². The van der Waals surface area contributed by atoms with Crippen LogP contribution in [0.5, 0.6) is 5.75 Å². The molecule has 24 heavy (non-hydrogen) atoms. The number of ether oxygens (including phenoxy) is 2. The number of benzene rings is 2. The van der Waals surface area contributed by atoms with Gasteiger partial charge in [0.2, 0.25) is 0 Å². The van der Waals surface area contributed by atoms with E-state index in [1.807, 2.05) is 54.6 Å². The SMILES string of the molecule is CCOC(=O)C(C#CCc1ccccc1)Nc1ccc(OC)cc1. The number of carbonyl (C=O) groups excluding carboxylic acids is 1. The molecular weight excluding hydrogens is 302 g/mol. The second-order valence-corrected chi connectivity index (χ2v) is 5.04. The summed E-state index contributed by atoms with van der Waals surface area (Å²) in [6.07, 6.45) is 0.584. The lowest BCUT2D eigenvalue weighted by molar-refractivity contribution is -0.142. The number of hydrogen-bond donors (Lipinski definition) is 1. The van der Waals surface area contributed by atoms with Crippen LogP contribution in [0, 0.1) is 11.8 Å². The summed E-state index contributed by atoms with van der Waals surface area (Å²) < 4.78 is 10.2. The number of nitrogens with one attached hydrogen (secondary N) is 1. The zero-order valence-corrected chi connectivity index (χ0v) is 13.9. The van der Waals surface area contributed by atoms with E-state index in [0.29, 0.717) is 13.0 Å². The van der Waals surface area contributed by atoms with Crippen molar-refractivity contribution in [3.8, 4) is 17.6 Å². The van der Waals surface area contributed by atoms with Crippen molar-refractivity contribution in [3.63, 3.8) is 0 Å². The van der Waals surface area contributed by atoms with Crippen molar-refractivity contribution in [2.24, 2.45) is 0 Å². The lowest BCUT2D eigenvalue weighted by atomic mass is 10.1. The van der Waals surface area contributed by atoms with Crippen molar-refractivity contribution in [3.05, 3.63) is 60.2 Å². The van der Waals surface area contributed by atoms with Crippen LogP contribution in [0.4, 0.5) is 5.69 Å². The summed E-state index contributed by atoms with van der Waals surface area (Å²) in [4.78, 5) is 12.1. The molecule has 0 aliphatic heterocycles. The minimum absolute atomic E-state index is 0.319. The number of esters is 1. The molecule has 4 heteroatoms. The molecule has 1 atom stereocenters. The highest BCUT2D eigenvalue weighted by Gasteiger charge is 2.16. The first-order valence-electron chi connectivity index (χ1n) is 7.82. The Labute approximate surface area is 142 Å². The molecule has 0 bridgehead atoms. The molecule has 0 aliphatic carbocycles. The van der Waals surface area contributed by atoms with Gasteiger partial charge in [0.15, 0.2) is 6.04 Å². The summed E-state index contributed by atoms with van der Waals surface area (Å²) >= 11 is 0. The number of carbonyl (C=O) groups is 1. The van der Waals surface area contributed by atoms with E-state index in [1.54, 1.807) is 14.0 Å². The quantitative estimate of drug-likeness (QED) is 0.655. The first-order chi connectivity index (χ1) is 11.7. The topological polar surface area (TPSA) is 47.6 Å². The molecule has 2 rings (SSSR count). The Morgan fingerprint density at radius 2 is 1.83 bits per heavy atom. The van der Waals surface area contributed by atoms with Crippen LogP contribution in [0.15, 0.2) is 54.6 Å². The van der Waals surface area contributed by atoms with E-state index in [1.165, 1.54) is 0 Å². The van der Waals surface area contributed by atoms with E-state index in [2.05, 4.69) is 17.2 Å². The molecular formula is C20H21NO3. The van der Waals surface area contributed by atoms with Gasteiger partial charge in [-0.2, -0.15) is 0 Å². The van der Waals surface area contributed by atoms with Crippen molar-refractivity contribution < 1.29 is 14.3 Å². The monoisotopic (exact) mass is 323 g/mol. The molecule has 0 saturated heterocycles. The predicted octanol–water partition coefficient (Wildman–Crippen LogP) is 3.28. The van der Waals surface area contributed by atoms with E-state index in [0.717, 1.165) is 17.0 Å². The van der Waals surface area contributed by atoms with E-state index in [9.17, 15) is 4.79 Å². The molecule has 0 spiro atoms. The van der Waals surface area contributed by atoms with Crippen LogP contribution in [-0.2, 0) is 16.0 Å². The van der Waals surface area contributed by atoms with Gasteiger partial charge >= 0.3 is 5.97 Å². The highest BCUT2D eigenvalue weighted by atomic mass is 16.5. The molecule has 0 aliphatic rings. The Bertz CT molecular complexity index is 699. The van der Waals surface area contributed by atoms with Crippen molar-refractivity contribution in [2.75, 3.05) is 19.0 Å². The van der Waals surface area contributed by atoms with Gasteiger partial charge in [-0.05, 0) is 36.8 Å². The average Bonchev–Trinajstić information content (AvgIpc) is 2.62. The third-order valence-corrected chi connectivity index (χ3v) is 3.31. The molecule has 1 N–H and O–H groups in total. The highest BCUT2D eigenvalue weighted by molar-refractivity contribution is 5.83. The normalized spacial score (nSPS) is 10.9. The zero-order chi connectivity index (χ0) is 17.2. The lowest BCUT2D eigenvalue weighted by Gasteiger charge is -2.13. The van der Waals surface area contributed by atoms with Gasteiger partial charge in [-0.3, -0.25) is 0 Å². The van der Waals surface area contributed by atoms with Gasteiger partial charge in [-0.25, -0.2) is 4.79 Å². The second-order valence-electron chi connectivity index (χ2n) is 5.04. The number of anilines is 1. The summed E-state index contributed by atoms with van der Waals surface area (Å²) in [6.45, 7) is 2.10. The van der Waals surface area contributed by atoms with Crippen molar-refractivity contribution >= 4 is 11.7 Å². The van der Waals surface area contributed by atoms with Crippen LogP contribution < -0.4 is 10.1 Å². The second kappa shape index (κ2) is 9.26. The van der Waals surface area contributed by atoms with E-state index >= 15 is 0 Å². The summed E-state index contributed by atoms with van der Waals surface area (Å²) in [5.41, 5.74) is 1.89. The third kappa shape index (κ3) is 5.36. The van der Waals surface area contributed by atoms with Crippen LogP contribution in [0.1, 0.15) is 12.5 Å². The van der Waals surface area contributed by atoms with Gasteiger partial charge in [0, 0.05) is 12.1 Å². The average molecular weight is 323 g/mol. The maximum Gasteiger partial charge on any atom is 0.341 e. The fraction of sp³-hybridized carbons (Fsp3) is 0.250. The Morgan fingerprint density at radius 3 is 2.46 bits per heavy atom. The fourth-order valence-electron chi connectivity index (χ4n) is 2.08. The molecule has 0 heterocycles. The Balaban J connectivity index is 2.08. The van der Waals surface area contributed by atoms with Crippen molar-refractivity contribution in [1.82, 2.24) is 0 Å². The Morgan fingerprint density at radius 1 is 1.12 bits per heavy atom. The summed E-state index contributed by atoms with van der Waals surface area (Å²) in [5, 5.41) is 3.10. The number of hydrogen-bond acceptors (Lipinski definition) is 4. The molecule has 2 aromatic carbocycles. The molecule has 0 fully saturated rings. The molecule has 4 nitrogen and oxygen atoms in total. The number of rotatable bonds is 6. The highest BCUT2D eigenvalue weighted by Crippen LogP contribution is 2.16. The molecule has 124 valence electrons. The summed E-state index contributed by atoms with van der Waals surface area (Å²) in [5.74, 6) is 6.38. The summed E-state index contributed by atoms with van der Waals surface area (Å²) in [6, 6.07) is 16.5.